The normalized spacial score (nSPS) is 18.1. The van der Waals surface area contributed by atoms with Crippen molar-refractivity contribution in [2.24, 2.45) is 11.3 Å². The molecular formula is C52H61N9O6S. The molecule has 4 atom stereocenters. The lowest BCUT2D eigenvalue weighted by Gasteiger charge is -2.35. The number of rotatable bonds is 15. The standard InChI is InChI=1S/C52H61N9O6S/c1-31(33-17-19-34(20-18-33)45-32(2)55-30-68-45)56-48(65)43-27-39(63)29-60(43)50(67)41(52(3,4)5)26-38(62)14-11-25-53-47(64)35-21-23-36(24-22-35)57-51-54-28-44-46(58-51)61(37-12-7-8-13-37)42-16-10-9-15-40(42)49(66)59(44)6/h9-10,15-24,28,30-31,37,39,41,43,63H,7-8,11-14,25-27,29H2,1-6H3,(H,53,64)(H,56,65)(H,54,57,58)/t31-,39+,41+,43-/m0/s1. The molecule has 3 aliphatic rings. The molecule has 0 radical (unpaired) electrons. The van der Waals surface area contributed by atoms with E-state index < -0.39 is 23.5 Å². The Morgan fingerprint density at radius 2 is 1.66 bits per heavy atom. The first-order chi connectivity index (χ1) is 32.6. The molecule has 1 saturated carbocycles. The summed E-state index contributed by atoms with van der Waals surface area (Å²) in [5, 5.41) is 19.9. The average Bonchev–Trinajstić information content (AvgIpc) is 4.10. The molecule has 2 aliphatic heterocycles. The van der Waals surface area contributed by atoms with Crippen molar-refractivity contribution in [3.63, 3.8) is 0 Å². The average molecular weight is 940 g/mol. The Bertz CT molecular complexity index is 2660. The van der Waals surface area contributed by atoms with Crippen LogP contribution in [0, 0.1) is 18.3 Å². The minimum Gasteiger partial charge on any atom is -0.391 e. The SMILES string of the molecule is Cc1ncsc1-c1ccc([C@H](C)NC(=O)[C@@H]2C[C@@H](O)CN2C(=O)[C@@H](CC(=O)CCCNC(=O)c2ccc(Nc3ncc4c(n3)N(C3CCCC3)c3ccccc3C(=O)N4C)cc2)C(C)(C)C)cc1. The van der Waals surface area contributed by atoms with Crippen LogP contribution >= 0.6 is 11.3 Å². The molecule has 4 N–H and O–H groups in total. The number of nitrogens with one attached hydrogen (secondary N) is 3. The number of aliphatic hydroxyl groups is 1. The van der Waals surface area contributed by atoms with Gasteiger partial charge in [-0.2, -0.15) is 4.98 Å². The first-order valence-electron chi connectivity index (χ1n) is 23.6. The number of likely N-dealkylation sites (tertiary alicyclic amines) is 1. The van der Waals surface area contributed by atoms with Gasteiger partial charge in [0.15, 0.2) is 5.82 Å². The molecule has 68 heavy (non-hydrogen) atoms. The zero-order valence-corrected chi connectivity index (χ0v) is 40.4. The summed E-state index contributed by atoms with van der Waals surface area (Å²) in [6, 6.07) is 21.5. The predicted octanol–water partition coefficient (Wildman–Crippen LogP) is 8.29. The number of hydrogen-bond acceptors (Lipinski definition) is 12. The Labute approximate surface area is 401 Å². The van der Waals surface area contributed by atoms with E-state index in [2.05, 4.69) is 30.8 Å². The summed E-state index contributed by atoms with van der Waals surface area (Å²) >= 11 is 1.57. The lowest BCUT2D eigenvalue weighted by atomic mass is 9.76. The third-order valence-corrected chi connectivity index (χ3v) is 14.4. The van der Waals surface area contributed by atoms with Crippen LogP contribution < -0.4 is 25.8 Å². The minimum absolute atomic E-state index is 0.00933. The molecule has 8 rings (SSSR count). The van der Waals surface area contributed by atoms with Crippen LogP contribution in [-0.4, -0.2) is 92.7 Å². The third-order valence-electron chi connectivity index (χ3n) is 13.5. The van der Waals surface area contributed by atoms with Gasteiger partial charge in [0.2, 0.25) is 17.8 Å². The third kappa shape index (κ3) is 10.5. The van der Waals surface area contributed by atoms with Crippen molar-refractivity contribution in [3.05, 3.63) is 107 Å². The fourth-order valence-corrected chi connectivity index (χ4v) is 10.4. The van der Waals surface area contributed by atoms with Gasteiger partial charge in [-0.25, -0.2) is 9.97 Å². The number of carbonyl (C=O) groups is 5. The maximum Gasteiger partial charge on any atom is 0.260 e. The first kappa shape index (κ1) is 48.0. The van der Waals surface area contributed by atoms with Crippen LogP contribution in [0.15, 0.2) is 84.5 Å². The predicted molar refractivity (Wildman–Crippen MR) is 264 cm³/mol. The van der Waals surface area contributed by atoms with E-state index in [-0.39, 0.29) is 73.8 Å². The highest BCUT2D eigenvalue weighted by molar-refractivity contribution is 7.13. The van der Waals surface area contributed by atoms with Crippen molar-refractivity contribution in [3.8, 4) is 10.4 Å². The molecular weight excluding hydrogens is 879 g/mol. The second kappa shape index (κ2) is 20.4. The van der Waals surface area contributed by atoms with E-state index in [0.29, 0.717) is 40.7 Å². The van der Waals surface area contributed by atoms with Crippen molar-refractivity contribution in [2.75, 3.05) is 35.3 Å². The number of aliphatic hydroxyl groups excluding tert-OH is 1. The van der Waals surface area contributed by atoms with E-state index in [0.717, 1.165) is 53.1 Å². The topological polar surface area (TPSA) is 190 Å². The van der Waals surface area contributed by atoms with Crippen LogP contribution in [0.4, 0.5) is 28.8 Å². The van der Waals surface area contributed by atoms with Crippen LogP contribution in [-0.2, 0) is 14.4 Å². The van der Waals surface area contributed by atoms with E-state index in [1.807, 2.05) is 88.7 Å². The lowest BCUT2D eigenvalue weighted by molar-refractivity contribution is -0.146. The molecule has 356 valence electrons. The molecule has 5 aromatic rings. The van der Waals surface area contributed by atoms with Crippen molar-refractivity contribution < 1.29 is 29.1 Å². The van der Waals surface area contributed by atoms with Gasteiger partial charge >= 0.3 is 0 Å². The van der Waals surface area contributed by atoms with Gasteiger partial charge in [0.05, 0.1) is 45.7 Å². The number of hydrogen-bond donors (Lipinski definition) is 4. The number of aromatic nitrogens is 3. The molecule has 1 aliphatic carbocycles. The summed E-state index contributed by atoms with van der Waals surface area (Å²) < 4.78 is 0. The smallest absolute Gasteiger partial charge is 0.260 e. The van der Waals surface area contributed by atoms with Gasteiger partial charge < -0.3 is 35.8 Å². The minimum atomic E-state index is -0.873. The van der Waals surface area contributed by atoms with Gasteiger partial charge in [-0.15, -0.1) is 11.3 Å². The Hall–Kier alpha value is -6.52. The Kier molecular flexibility index (Phi) is 14.4. The Morgan fingerprint density at radius 3 is 2.35 bits per heavy atom. The van der Waals surface area contributed by atoms with Gasteiger partial charge in [-0.1, -0.05) is 70.0 Å². The number of amides is 4. The fourth-order valence-electron chi connectivity index (χ4n) is 9.56. The number of β-amino-alcohol motifs (C(OH)–C–C–N with tert-alkyl or cyclic N) is 1. The summed E-state index contributed by atoms with van der Waals surface area (Å²) in [7, 11) is 1.75. The van der Waals surface area contributed by atoms with Crippen molar-refractivity contribution >= 4 is 69.6 Å². The fraction of sp³-hybridized carbons (Fsp3) is 0.423. The quantitative estimate of drug-likeness (QED) is 0.0739. The zero-order valence-electron chi connectivity index (χ0n) is 39.6. The second-order valence-electron chi connectivity index (χ2n) is 19.3. The molecule has 15 nitrogen and oxygen atoms in total. The van der Waals surface area contributed by atoms with Gasteiger partial charge in [-0.05, 0) is 86.1 Å². The van der Waals surface area contributed by atoms with Crippen LogP contribution in [0.2, 0.25) is 0 Å². The number of nitrogens with zero attached hydrogens (tertiary/aromatic N) is 6. The molecule has 3 aromatic carbocycles. The summed E-state index contributed by atoms with van der Waals surface area (Å²) in [4.78, 5) is 88.3. The Morgan fingerprint density at radius 1 is 0.941 bits per heavy atom. The molecule has 2 aromatic heterocycles. The highest BCUT2D eigenvalue weighted by atomic mass is 32.1. The van der Waals surface area contributed by atoms with Gasteiger partial charge in [0.25, 0.3) is 11.8 Å². The maximum absolute atomic E-state index is 14.2. The number of benzene rings is 3. The number of Topliss-reactive ketones (excluding diaryl/α,β-unsaturated/α-hetero) is 1. The molecule has 2 fully saturated rings. The highest BCUT2D eigenvalue weighted by Gasteiger charge is 2.45. The number of aryl methyl sites for hydroxylation is 1. The van der Waals surface area contributed by atoms with Crippen molar-refractivity contribution in [1.82, 2.24) is 30.5 Å². The molecule has 0 unspecified atom stereocenters. The zero-order chi connectivity index (χ0) is 48.3. The number of fused-ring (bicyclic) bond motifs is 2. The molecule has 4 amide bonds. The van der Waals surface area contributed by atoms with Crippen LogP contribution in [0.1, 0.15) is 117 Å². The van der Waals surface area contributed by atoms with Crippen molar-refractivity contribution in [2.45, 2.75) is 110 Å². The van der Waals surface area contributed by atoms with Gasteiger partial charge in [-0.3, -0.25) is 24.0 Å². The summed E-state index contributed by atoms with van der Waals surface area (Å²) in [5.41, 5.74) is 7.33. The van der Waals surface area contributed by atoms with Crippen LogP contribution in [0.25, 0.3) is 10.4 Å². The Balaban J connectivity index is 0.831. The number of thiazole rings is 1. The van der Waals surface area contributed by atoms with Crippen LogP contribution in [0.5, 0.6) is 0 Å². The molecule has 16 heteroatoms. The van der Waals surface area contributed by atoms with E-state index in [9.17, 15) is 29.1 Å². The number of para-hydroxylation sites is 1. The monoisotopic (exact) mass is 939 g/mol. The van der Waals surface area contributed by atoms with E-state index in [4.69, 9.17) is 4.98 Å². The largest absolute Gasteiger partial charge is 0.391 e. The lowest BCUT2D eigenvalue weighted by Crippen LogP contribution is -2.50. The molecule has 4 heterocycles. The summed E-state index contributed by atoms with van der Waals surface area (Å²) in [5.74, 6) is -0.908. The number of carbonyl (C=O) groups excluding carboxylic acids is 5. The van der Waals surface area contributed by atoms with Gasteiger partial charge in [0, 0.05) is 62.6 Å². The second-order valence-corrected chi connectivity index (χ2v) is 20.2. The first-order valence-corrected chi connectivity index (χ1v) is 24.4. The molecule has 0 spiro atoms. The van der Waals surface area contributed by atoms with E-state index >= 15 is 0 Å². The maximum atomic E-state index is 14.2. The molecule has 1 saturated heterocycles. The van der Waals surface area contributed by atoms with Crippen LogP contribution in [0.3, 0.4) is 0 Å². The van der Waals surface area contributed by atoms with Crippen molar-refractivity contribution in [1.29, 1.82) is 0 Å². The van der Waals surface area contributed by atoms with Gasteiger partial charge in [0.1, 0.15) is 17.5 Å². The summed E-state index contributed by atoms with van der Waals surface area (Å²) in [6.07, 6.45) is 5.65. The number of ketones is 1. The molecule has 0 bridgehead atoms. The number of anilines is 5. The van der Waals surface area contributed by atoms with E-state index in [1.165, 1.54) is 4.90 Å². The summed E-state index contributed by atoms with van der Waals surface area (Å²) in [6.45, 7) is 9.82. The van der Waals surface area contributed by atoms with E-state index in [1.54, 1.807) is 53.7 Å². The highest BCUT2D eigenvalue weighted by Crippen LogP contribution is 2.44.